The van der Waals surface area contributed by atoms with Gasteiger partial charge in [-0.05, 0) is 44.4 Å². The summed E-state index contributed by atoms with van der Waals surface area (Å²) in [6, 6.07) is 4.56. The van der Waals surface area contributed by atoms with Gasteiger partial charge in [0, 0.05) is 18.0 Å². The zero-order valence-corrected chi connectivity index (χ0v) is 14.7. The van der Waals surface area contributed by atoms with Crippen LogP contribution >= 0.6 is 11.6 Å². The molecule has 2 aromatic rings. The Morgan fingerprint density at radius 3 is 2.69 bits per heavy atom. The van der Waals surface area contributed by atoms with Crippen LogP contribution in [0.2, 0.25) is 5.02 Å². The van der Waals surface area contributed by atoms with Crippen molar-refractivity contribution in [3.05, 3.63) is 40.5 Å². The first-order valence-corrected chi connectivity index (χ1v) is 8.53. The average molecular weight is 387 g/mol. The highest BCUT2D eigenvalue weighted by Crippen LogP contribution is 2.34. The molecule has 0 saturated heterocycles. The van der Waals surface area contributed by atoms with E-state index in [1.807, 2.05) is 0 Å². The number of benzene rings is 1. The fraction of sp³-hybridized carbons (Fsp3) is 0.412. The van der Waals surface area contributed by atoms with E-state index in [0.29, 0.717) is 18.5 Å². The summed E-state index contributed by atoms with van der Waals surface area (Å²) in [6.45, 7) is 1.68. The molecule has 2 unspecified atom stereocenters. The average Bonchev–Trinajstić information content (AvgIpc) is 3.12. The monoisotopic (exact) mass is 386 g/mol. The van der Waals surface area contributed by atoms with E-state index in [2.05, 4.69) is 10.4 Å². The minimum absolute atomic E-state index is 0.00434. The molecule has 0 radical (unpaired) electrons. The van der Waals surface area contributed by atoms with E-state index in [0.717, 1.165) is 24.6 Å². The molecule has 1 aromatic heterocycles. The van der Waals surface area contributed by atoms with Crippen LogP contribution in [0.3, 0.4) is 0 Å². The lowest BCUT2D eigenvalue weighted by Gasteiger charge is -2.15. The van der Waals surface area contributed by atoms with Crippen molar-refractivity contribution in [1.29, 1.82) is 0 Å². The molecule has 1 aliphatic carbocycles. The maximum absolute atomic E-state index is 13.0. The van der Waals surface area contributed by atoms with Crippen LogP contribution in [0.15, 0.2) is 24.3 Å². The Bertz CT molecular complexity index is 834. The van der Waals surface area contributed by atoms with Crippen LogP contribution < -0.4 is 11.1 Å². The number of carbonyl (C=O) groups is 1. The van der Waals surface area contributed by atoms with E-state index in [-0.39, 0.29) is 34.4 Å². The third-order valence-electron chi connectivity index (χ3n) is 4.43. The Morgan fingerprint density at radius 2 is 2.08 bits per heavy atom. The molecule has 9 heteroatoms. The van der Waals surface area contributed by atoms with Crippen LogP contribution in [0.5, 0.6) is 0 Å². The fourth-order valence-corrected chi connectivity index (χ4v) is 3.30. The van der Waals surface area contributed by atoms with Gasteiger partial charge in [0.05, 0.1) is 22.0 Å². The number of aryl methyl sites for hydroxylation is 1. The van der Waals surface area contributed by atoms with Gasteiger partial charge in [0.2, 0.25) is 5.91 Å². The van der Waals surface area contributed by atoms with E-state index in [1.165, 1.54) is 4.68 Å². The number of hydrogen-bond donors (Lipinski definition) is 2. The SMILES string of the molecule is Cc1cc(NC(=O)C2CCC(N)C2)n(-c2cc(C(F)(F)F)ccc2Cl)n1. The van der Waals surface area contributed by atoms with Crippen LogP contribution in [0.1, 0.15) is 30.5 Å². The highest BCUT2D eigenvalue weighted by Gasteiger charge is 2.32. The predicted octanol–water partition coefficient (Wildman–Crippen LogP) is 3.92. The predicted molar refractivity (Wildman–Crippen MR) is 92.3 cm³/mol. The van der Waals surface area contributed by atoms with Crippen LogP contribution in [0.4, 0.5) is 19.0 Å². The van der Waals surface area contributed by atoms with E-state index in [9.17, 15) is 18.0 Å². The Balaban J connectivity index is 1.94. The molecule has 1 fully saturated rings. The van der Waals surface area contributed by atoms with Crippen molar-refractivity contribution in [3.63, 3.8) is 0 Å². The minimum Gasteiger partial charge on any atom is -0.328 e. The number of halogens is 4. The molecule has 3 N–H and O–H groups in total. The highest BCUT2D eigenvalue weighted by atomic mass is 35.5. The summed E-state index contributed by atoms with van der Waals surface area (Å²) in [5.74, 6) is -0.165. The van der Waals surface area contributed by atoms with E-state index >= 15 is 0 Å². The second kappa shape index (κ2) is 6.92. The van der Waals surface area contributed by atoms with Crippen molar-refractivity contribution < 1.29 is 18.0 Å². The molecular formula is C17H18ClF3N4O. The molecule has 1 aliphatic rings. The standard InChI is InChI=1S/C17H18ClF3N4O/c1-9-6-15(23-16(26)10-2-4-12(22)7-10)25(24-9)14-8-11(17(19,20)21)3-5-13(14)18/h3,5-6,8,10,12H,2,4,7,22H2,1H3,(H,23,26). The molecule has 1 amide bonds. The smallest absolute Gasteiger partial charge is 0.328 e. The van der Waals surface area contributed by atoms with Gasteiger partial charge in [0.1, 0.15) is 5.82 Å². The Kier molecular flexibility index (Phi) is 4.98. The number of carbonyl (C=O) groups excluding carboxylic acids is 1. The number of anilines is 1. The van der Waals surface area contributed by atoms with Crippen molar-refractivity contribution in [2.24, 2.45) is 11.7 Å². The van der Waals surface area contributed by atoms with Crippen molar-refractivity contribution in [2.45, 2.75) is 38.4 Å². The summed E-state index contributed by atoms with van der Waals surface area (Å²) < 4.78 is 40.3. The second-order valence-electron chi connectivity index (χ2n) is 6.51. The van der Waals surface area contributed by atoms with E-state index in [1.54, 1.807) is 13.0 Å². The molecule has 2 atom stereocenters. The van der Waals surface area contributed by atoms with Gasteiger partial charge in [-0.1, -0.05) is 11.6 Å². The lowest BCUT2D eigenvalue weighted by atomic mass is 10.1. The Morgan fingerprint density at radius 1 is 1.35 bits per heavy atom. The summed E-state index contributed by atoms with van der Waals surface area (Å²) in [5, 5.41) is 7.03. The maximum Gasteiger partial charge on any atom is 0.416 e. The molecule has 1 saturated carbocycles. The van der Waals surface area contributed by atoms with Crippen LogP contribution in [-0.4, -0.2) is 21.7 Å². The fourth-order valence-electron chi connectivity index (χ4n) is 3.11. The minimum atomic E-state index is -4.51. The quantitative estimate of drug-likeness (QED) is 0.839. The Hall–Kier alpha value is -2.06. The molecule has 5 nitrogen and oxygen atoms in total. The number of nitrogens with one attached hydrogen (secondary N) is 1. The molecule has 0 spiro atoms. The second-order valence-corrected chi connectivity index (χ2v) is 6.91. The van der Waals surface area contributed by atoms with Crippen molar-refractivity contribution in [2.75, 3.05) is 5.32 Å². The number of aromatic nitrogens is 2. The number of rotatable bonds is 3. The Labute approximate surface area is 153 Å². The van der Waals surface area contributed by atoms with Gasteiger partial charge in [-0.3, -0.25) is 4.79 Å². The summed E-state index contributed by atoms with van der Waals surface area (Å²) in [4.78, 5) is 12.4. The third-order valence-corrected chi connectivity index (χ3v) is 4.75. The topological polar surface area (TPSA) is 72.9 Å². The van der Waals surface area contributed by atoms with Crippen LogP contribution in [0.25, 0.3) is 5.69 Å². The van der Waals surface area contributed by atoms with Gasteiger partial charge in [0.15, 0.2) is 0 Å². The molecule has 1 aromatic carbocycles. The zero-order chi connectivity index (χ0) is 19.1. The summed E-state index contributed by atoms with van der Waals surface area (Å²) >= 11 is 6.09. The van der Waals surface area contributed by atoms with Crippen LogP contribution in [0, 0.1) is 12.8 Å². The summed E-state index contributed by atoms with van der Waals surface area (Å²) in [6.07, 6.45) is -2.46. The molecule has 140 valence electrons. The van der Waals surface area contributed by atoms with Gasteiger partial charge >= 0.3 is 6.18 Å². The maximum atomic E-state index is 13.0. The lowest BCUT2D eigenvalue weighted by molar-refractivity contribution is -0.137. The third kappa shape index (κ3) is 3.86. The van der Waals surface area contributed by atoms with E-state index in [4.69, 9.17) is 17.3 Å². The molecule has 26 heavy (non-hydrogen) atoms. The highest BCUT2D eigenvalue weighted by molar-refractivity contribution is 6.32. The molecular weight excluding hydrogens is 369 g/mol. The number of hydrogen-bond acceptors (Lipinski definition) is 3. The lowest BCUT2D eigenvalue weighted by Crippen LogP contribution is -2.24. The van der Waals surface area contributed by atoms with Crippen molar-refractivity contribution >= 4 is 23.3 Å². The number of nitrogens with two attached hydrogens (primary N) is 1. The van der Waals surface area contributed by atoms with Crippen molar-refractivity contribution in [1.82, 2.24) is 9.78 Å². The van der Waals surface area contributed by atoms with Crippen LogP contribution in [-0.2, 0) is 11.0 Å². The first kappa shape index (κ1) is 18.7. The van der Waals surface area contributed by atoms with E-state index < -0.39 is 11.7 Å². The number of amides is 1. The van der Waals surface area contributed by atoms with Crippen molar-refractivity contribution in [3.8, 4) is 5.69 Å². The molecule has 1 heterocycles. The summed E-state index contributed by atoms with van der Waals surface area (Å²) in [5.41, 5.74) is 5.58. The molecule has 0 bridgehead atoms. The van der Waals surface area contributed by atoms with Gasteiger partial charge < -0.3 is 11.1 Å². The number of nitrogens with zero attached hydrogens (tertiary/aromatic N) is 2. The molecule has 3 rings (SSSR count). The normalized spacial score (nSPS) is 20.4. The number of alkyl halides is 3. The largest absolute Gasteiger partial charge is 0.416 e. The van der Waals surface area contributed by atoms with Gasteiger partial charge in [0.25, 0.3) is 0 Å². The van der Waals surface area contributed by atoms with Gasteiger partial charge in [-0.25, -0.2) is 4.68 Å². The molecule has 0 aliphatic heterocycles. The summed E-state index contributed by atoms with van der Waals surface area (Å²) in [7, 11) is 0. The zero-order valence-electron chi connectivity index (χ0n) is 14.0. The first-order chi connectivity index (χ1) is 12.1. The van der Waals surface area contributed by atoms with Gasteiger partial charge in [-0.2, -0.15) is 18.3 Å². The van der Waals surface area contributed by atoms with Gasteiger partial charge in [-0.15, -0.1) is 0 Å². The first-order valence-electron chi connectivity index (χ1n) is 8.15.